The molecule has 5 heteroatoms. The van der Waals surface area contributed by atoms with E-state index >= 15 is 0 Å². The quantitative estimate of drug-likeness (QED) is 0.909. The minimum atomic E-state index is -0.554. The van der Waals surface area contributed by atoms with E-state index in [1.165, 1.54) is 12.1 Å². The van der Waals surface area contributed by atoms with Gasteiger partial charge >= 0.3 is 0 Å². The van der Waals surface area contributed by atoms with Crippen molar-refractivity contribution in [2.24, 2.45) is 0 Å². The SMILES string of the molecule is O=C(NCc1ccc2c(c1)OCCO2)C1(c2ccc(F)cc2)CCCC1. The number of rotatable bonds is 4. The summed E-state index contributed by atoms with van der Waals surface area (Å²) in [4.78, 5) is 13.1. The number of hydrogen-bond donors (Lipinski definition) is 1. The average Bonchev–Trinajstić information content (AvgIpc) is 3.17. The van der Waals surface area contributed by atoms with Gasteiger partial charge in [-0.15, -0.1) is 0 Å². The maximum atomic E-state index is 13.3. The highest BCUT2D eigenvalue weighted by molar-refractivity contribution is 5.88. The molecule has 4 nitrogen and oxygen atoms in total. The first-order chi connectivity index (χ1) is 12.7. The molecule has 26 heavy (non-hydrogen) atoms. The molecule has 1 aliphatic heterocycles. The summed E-state index contributed by atoms with van der Waals surface area (Å²) in [6.45, 7) is 1.53. The summed E-state index contributed by atoms with van der Waals surface area (Å²) in [5.74, 6) is 1.19. The summed E-state index contributed by atoms with van der Waals surface area (Å²) < 4.78 is 24.4. The van der Waals surface area contributed by atoms with Crippen LogP contribution in [0.5, 0.6) is 11.5 Å². The molecule has 2 aliphatic rings. The zero-order valence-electron chi connectivity index (χ0n) is 14.6. The van der Waals surface area contributed by atoms with Gasteiger partial charge < -0.3 is 14.8 Å². The Labute approximate surface area is 152 Å². The van der Waals surface area contributed by atoms with Crippen LogP contribution in [-0.2, 0) is 16.8 Å². The first-order valence-electron chi connectivity index (χ1n) is 9.10. The molecule has 0 saturated heterocycles. The smallest absolute Gasteiger partial charge is 0.230 e. The Morgan fingerprint density at radius 2 is 1.69 bits per heavy atom. The molecule has 0 atom stereocenters. The van der Waals surface area contributed by atoms with Gasteiger partial charge in [0.15, 0.2) is 11.5 Å². The van der Waals surface area contributed by atoms with Gasteiger partial charge in [-0.05, 0) is 48.2 Å². The molecule has 0 spiro atoms. The molecule has 1 saturated carbocycles. The lowest BCUT2D eigenvalue weighted by Crippen LogP contribution is -2.42. The van der Waals surface area contributed by atoms with Crippen LogP contribution in [0.15, 0.2) is 42.5 Å². The molecule has 2 aromatic carbocycles. The number of halogens is 1. The fourth-order valence-corrected chi connectivity index (χ4v) is 3.94. The van der Waals surface area contributed by atoms with Crippen molar-refractivity contribution < 1.29 is 18.7 Å². The summed E-state index contributed by atoms with van der Waals surface area (Å²) in [5.41, 5.74) is 1.31. The van der Waals surface area contributed by atoms with Gasteiger partial charge in [0.25, 0.3) is 0 Å². The normalized spacial score (nSPS) is 17.7. The van der Waals surface area contributed by atoms with Crippen LogP contribution >= 0.6 is 0 Å². The number of ether oxygens (including phenoxy) is 2. The lowest BCUT2D eigenvalue weighted by Gasteiger charge is -2.28. The molecule has 1 aliphatic carbocycles. The third-order valence-electron chi connectivity index (χ3n) is 5.35. The van der Waals surface area contributed by atoms with Gasteiger partial charge in [0.05, 0.1) is 5.41 Å². The second kappa shape index (κ2) is 6.98. The fraction of sp³-hybridized carbons (Fsp3) is 0.381. The van der Waals surface area contributed by atoms with E-state index < -0.39 is 5.41 Å². The lowest BCUT2D eigenvalue weighted by atomic mass is 9.78. The number of benzene rings is 2. The third kappa shape index (κ3) is 3.14. The number of fused-ring (bicyclic) bond motifs is 1. The van der Waals surface area contributed by atoms with Gasteiger partial charge in [-0.3, -0.25) is 4.79 Å². The number of hydrogen-bond acceptors (Lipinski definition) is 3. The zero-order valence-corrected chi connectivity index (χ0v) is 14.6. The van der Waals surface area contributed by atoms with Crippen LogP contribution < -0.4 is 14.8 Å². The van der Waals surface area contributed by atoms with E-state index in [2.05, 4.69) is 5.32 Å². The van der Waals surface area contributed by atoms with Gasteiger partial charge in [0.2, 0.25) is 5.91 Å². The highest BCUT2D eigenvalue weighted by atomic mass is 19.1. The number of amides is 1. The average molecular weight is 355 g/mol. The molecule has 0 unspecified atom stereocenters. The number of nitrogens with one attached hydrogen (secondary N) is 1. The van der Waals surface area contributed by atoms with Crippen LogP contribution in [0.1, 0.15) is 36.8 Å². The highest BCUT2D eigenvalue weighted by Crippen LogP contribution is 2.41. The van der Waals surface area contributed by atoms with Gasteiger partial charge in [0, 0.05) is 6.54 Å². The molecule has 2 aromatic rings. The molecule has 0 radical (unpaired) electrons. The van der Waals surface area contributed by atoms with E-state index in [4.69, 9.17) is 9.47 Å². The highest BCUT2D eigenvalue weighted by Gasteiger charge is 2.42. The second-order valence-corrected chi connectivity index (χ2v) is 6.96. The van der Waals surface area contributed by atoms with Gasteiger partial charge in [-0.2, -0.15) is 0 Å². The van der Waals surface area contributed by atoms with E-state index in [1.54, 1.807) is 12.1 Å². The molecule has 1 fully saturated rings. The Morgan fingerprint density at radius 1 is 1.00 bits per heavy atom. The van der Waals surface area contributed by atoms with Crippen molar-refractivity contribution in [3.63, 3.8) is 0 Å². The van der Waals surface area contributed by atoms with Crippen molar-refractivity contribution in [3.8, 4) is 11.5 Å². The second-order valence-electron chi connectivity index (χ2n) is 6.96. The molecule has 1 heterocycles. The first-order valence-corrected chi connectivity index (χ1v) is 9.10. The Bertz CT molecular complexity index is 797. The molecule has 0 bridgehead atoms. The van der Waals surface area contributed by atoms with E-state index in [0.717, 1.165) is 48.3 Å². The van der Waals surface area contributed by atoms with Crippen LogP contribution in [0.2, 0.25) is 0 Å². The molecule has 1 amide bonds. The van der Waals surface area contributed by atoms with Crippen LogP contribution in [0, 0.1) is 5.82 Å². The van der Waals surface area contributed by atoms with Crippen molar-refractivity contribution in [1.29, 1.82) is 0 Å². The predicted octanol–water partition coefficient (Wildman–Crippen LogP) is 3.73. The summed E-state index contributed by atoms with van der Waals surface area (Å²) in [6.07, 6.45) is 3.61. The zero-order chi connectivity index (χ0) is 18.0. The minimum Gasteiger partial charge on any atom is -0.486 e. The van der Waals surface area contributed by atoms with E-state index in [1.807, 2.05) is 18.2 Å². The topological polar surface area (TPSA) is 47.6 Å². The maximum absolute atomic E-state index is 13.3. The van der Waals surface area contributed by atoms with Crippen molar-refractivity contribution in [3.05, 3.63) is 59.4 Å². The Kier molecular flexibility index (Phi) is 4.53. The first kappa shape index (κ1) is 16.9. The predicted molar refractivity (Wildman–Crippen MR) is 95.8 cm³/mol. The largest absolute Gasteiger partial charge is 0.486 e. The van der Waals surface area contributed by atoms with E-state index in [-0.39, 0.29) is 11.7 Å². The monoisotopic (exact) mass is 355 g/mol. The van der Waals surface area contributed by atoms with Gasteiger partial charge in [-0.25, -0.2) is 4.39 Å². The summed E-state index contributed by atoms with van der Waals surface area (Å²) >= 11 is 0. The van der Waals surface area contributed by atoms with Crippen LogP contribution in [0.3, 0.4) is 0 Å². The molecule has 1 N–H and O–H groups in total. The van der Waals surface area contributed by atoms with Crippen molar-refractivity contribution in [2.75, 3.05) is 13.2 Å². The summed E-state index contributed by atoms with van der Waals surface area (Å²) in [6, 6.07) is 12.1. The van der Waals surface area contributed by atoms with E-state index in [9.17, 15) is 9.18 Å². The molecule has 0 aromatic heterocycles. The van der Waals surface area contributed by atoms with Crippen molar-refractivity contribution in [2.45, 2.75) is 37.6 Å². The fourth-order valence-electron chi connectivity index (χ4n) is 3.94. The molecular formula is C21H22FNO3. The molecule has 4 rings (SSSR count). The van der Waals surface area contributed by atoms with Gasteiger partial charge in [-0.1, -0.05) is 31.0 Å². The van der Waals surface area contributed by atoms with Crippen molar-refractivity contribution in [1.82, 2.24) is 5.32 Å². The molecular weight excluding hydrogens is 333 g/mol. The van der Waals surface area contributed by atoms with Gasteiger partial charge in [0.1, 0.15) is 19.0 Å². The van der Waals surface area contributed by atoms with Crippen molar-refractivity contribution >= 4 is 5.91 Å². The van der Waals surface area contributed by atoms with E-state index in [0.29, 0.717) is 19.8 Å². The molecule has 136 valence electrons. The number of carbonyl (C=O) groups is 1. The standard InChI is InChI=1S/C21H22FNO3/c22-17-6-4-16(5-7-17)21(9-1-2-10-21)20(24)23-14-15-3-8-18-19(13-15)26-12-11-25-18/h3-8,13H,1-2,9-12,14H2,(H,23,24). The Hall–Kier alpha value is -2.56. The number of carbonyl (C=O) groups excluding carboxylic acids is 1. The minimum absolute atomic E-state index is 0.0106. The lowest BCUT2D eigenvalue weighted by molar-refractivity contribution is -0.126. The Balaban J connectivity index is 1.50. The van der Waals surface area contributed by atoms with Crippen LogP contribution in [0.4, 0.5) is 4.39 Å². The third-order valence-corrected chi connectivity index (χ3v) is 5.35. The maximum Gasteiger partial charge on any atom is 0.230 e. The summed E-state index contributed by atoms with van der Waals surface area (Å²) in [5, 5.41) is 3.07. The summed E-state index contributed by atoms with van der Waals surface area (Å²) in [7, 11) is 0. The van der Waals surface area contributed by atoms with Crippen LogP contribution in [-0.4, -0.2) is 19.1 Å². The van der Waals surface area contributed by atoms with Crippen LogP contribution in [0.25, 0.3) is 0 Å². The Morgan fingerprint density at radius 3 is 2.42 bits per heavy atom.